The number of primary amides is 1. The zero-order valence-electron chi connectivity index (χ0n) is 14.7. The molecule has 5 nitrogen and oxygen atoms in total. The van der Waals surface area contributed by atoms with Gasteiger partial charge in [0.1, 0.15) is 6.04 Å². The average molecular weight is 350 g/mol. The zero-order valence-corrected chi connectivity index (χ0v) is 15.5. The van der Waals surface area contributed by atoms with Gasteiger partial charge in [-0.1, -0.05) is 58.0 Å². The second-order valence-electron chi connectivity index (χ2n) is 6.34. The summed E-state index contributed by atoms with van der Waals surface area (Å²) in [6.45, 7) is 7.64. The molecule has 0 saturated carbocycles. The monoisotopic (exact) mass is 350 g/mol. The maximum absolute atomic E-state index is 12.5. The predicted octanol–water partition coefficient (Wildman–Crippen LogP) is 3.13. The van der Waals surface area contributed by atoms with Crippen molar-refractivity contribution in [2.75, 3.05) is 0 Å². The van der Waals surface area contributed by atoms with Gasteiger partial charge < -0.3 is 11.1 Å². The highest BCUT2D eigenvalue weighted by molar-refractivity contribution is 8.13. The van der Waals surface area contributed by atoms with E-state index in [-0.39, 0.29) is 5.12 Å². The molecule has 3 N–H and O–H groups in total. The highest BCUT2D eigenvalue weighted by atomic mass is 32.2. The Balaban J connectivity index is 2.99. The highest BCUT2D eigenvalue weighted by Gasteiger charge is 2.28. The van der Waals surface area contributed by atoms with Crippen LogP contribution in [0.25, 0.3) is 0 Å². The Morgan fingerprint density at radius 1 is 1.21 bits per heavy atom. The number of nitrogens with two attached hydrogens (primary N) is 1. The van der Waals surface area contributed by atoms with Crippen LogP contribution in [0.1, 0.15) is 57.3 Å². The van der Waals surface area contributed by atoms with E-state index in [1.165, 1.54) is 0 Å². The standard InChI is InChI=1S/C18H26N2O3S/c1-5-9-13(15(19)21)20-16(22)12-10-7-8-11-14(12)24-17(23)18(3,4)6-2/h7-8,10-11,13H,5-6,9H2,1-4H3,(H2,19,21)(H,20,22)/t13-/m0/s1. The number of nitrogens with one attached hydrogen (secondary N) is 1. The molecule has 1 rings (SSSR count). The second-order valence-corrected chi connectivity index (χ2v) is 7.35. The van der Waals surface area contributed by atoms with Gasteiger partial charge in [-0.05, 0) is 25.0 Å². The van der Waals surface area contributed by atoms with E-state index in [0.717, 1.165) is 18.2 Å². The van der Waals surface area contributed by atoms with Crippen LogP contribution in [0.2, 0.25) is 0 Å². The van der Waals surface area contributed by atoms with Gasteiger partial charge in [0.25, 0.3) is 5.91 Å². The lowest BCUT2D eigenvalue weighted by Crippen LogP contribution is -2.44. The summed E-state index contributed by atoms with van der Waals surface area (Å²) in [6, 6.07) is 6.19. The smallest absolute Gasteiger partial charge is 0.253 e. The van der Waals surface area contributed by atoms with Gasteiger partial charge in [-0.2, -0.15) is 0 Å². The molecule has 0 heterocycles. The highest BCUT2D eigenvalue weighted by Crippen LogP contribution is 2.33. The summed E-state index contributed by atoms with van der Waals surface area (Å²) in [6.07, 6.45) is 1.93. The Morgan fingerprint density at radius 3 is 2.38 bits per heavy atom. The molecule has 0 aliphatic heterocycles. The van der Waals surface area contributed by atoms with Gasteiger partial charge in [0.05, 0.1) is 5.56 Å². The van der Waals surface area contributed by atoms with Gasteiger partial charge in [0, 0.05) is 10.3 Å². The molecule has 2 amide bonds. The first-order chi connectivity index (χ1) is 11.2. The number of carbonyl (C=O) groups is 3. The Labute approximate surface area is 147 Å². The minimum atomic E-state index is -0.705. The molecule has 6 heteroatoms. The molecule has 0 bridgehead atoms. The summed E-state index contributed by atoms with van der Waals surface area (Å²) in [5.41, 5.74) is 5.24. The summed E-state index contributed by atoms with van der Waals surface area (Å²) in [4.78, 5) is 37.0. The van der Waals surface area contributed by atoms with E-state index >= 15 is 0 Å². The first-order valence-corrected chi connectivity index (χ1v) is 8.96. The molecule has 1 aromatic carbocycles. The van der Waals surface area contributed by atoms with Gasteiger partial charge >= 0.3 is 0 Å². The van der Waals surface area contributed by atoms with Crippen LogP contribution in [-0.4, -0.2) is 23.0 Å². The normalized spacial score (nSPS) is 12.5. The largest absolute Gasteiger partial charge is 0.368 e. The van der Waals surface area contributed by atoms with Crippen molar-refractivity contribution in [2.45, 2.75) is 57.9 Å². The minimum Gasteiger partial charge on any atom is -0.368 e. The van der Waals surface area contributed by atoms with Gasteiger partial charge in [-0.25, -0.2) is 0 Å². The Kier molecular flexibility index (Phi) is 7.48. The van der Waals surface area contributed by atoms with E-state index in [2.05, 4.69) is 5.32 Å². The van der Waals surface area contributed by atoms with E-state index in [0.29, 0.717) is 23.3 Å². The van der Waals surface area contributed by atoms with Crippen molar-refractivity contribution in [3.63, 3.8) is 0 Å². The third-order valence-electron chi connectivity index (χ3n) is 4.00. The Bertz CT molecular complexity index is 614. The lowest BCUT2D eigenvalue weighted by Gasteiger charge is -2.21. The van der Waals surface area contributed by atoms with E-state index < -0.39 is 23.3 Å². The third-order valence-corrected chi connectivity index (χ3v) is 5.31. The number of thioether (sulfide) groups is 1. The number of rotatable bonds is 8. The van der Waals surface area contributed by atoms with Crippen molar-refractivity contribution < 1.29 is 14.4 Å². The average Bonchev–Trinajstić information content (AvgIpc) is 2.54. The summed E-state index contributed by atoms with van der Waals surface area (Å²) in [7, 11) is 0. The van der Waals surface area contributed by atoms with Crippen molar-refractivity contribution >= 4 is 28.7 Å². The van der Waals surface area contributed by atoms with Crippen molar-refractivity contribution in [2.24, 2.45) is 11.1 Å². The molecule has 1 aromatic rings. The number of hydrogen-bond acceptors (Lipinski definition) is 4. The fraction of sp³-hybridized carbons (Fsp3) is 0.500. The van der Waals surface area contributed by atoms with Crippen LogP contribution >= 0.6 is 11.8 Å². The molecule has 132 valence electrons. The molecule has 0 saturated heterocycles. The molecular formula is C18H26N2O3S. The van der Waals surface area contributed by atoms with Gasteiger partial charge in [0.15, 0.2) is 5.12 Å². The van der Waals surface area contributed by atoms with Gasteiger partial charge in [-0.3, -0.25) is 14.4 Å². The maximum atomic E-state index is 12.5. The van der Waals surface area contributed by atoms with Crippen LogP contribution in [0, 0.1) is 5.41 Å². The van der Waals surface area contributed by atoms with Crippen LogP contribution in [0.3, 0.4) is 0 Å². The van der Waals surface area contributed by atoms with E-state index in [1.54, 1.807) is 24.3 Å². The first kappa shape index (κ1) is 20.2. The Hall–Kier alpha value is -1.82. The first-order valence-electron chi connectivity index (χ1n) is 8.14. The summed E-state index contributed by atoms with van der Waals surface area (Å²) in [5.74, 6) is -0.948. The summed E-state index contributed by atoms with van der Waals surface area (Å²) in [5, 5.41) is 2.67. The van der Waals surface area contributed by atoms with Crippen molar-refractivity contribution in [3.05, 3.63) is 29.8 Å². The van der Waals surface area contributed by atoms with E-state index in [9.17, 15) is 14.4 Å². The van der Waals surface area contributed by atoms with Crippen LogP contribution in [0.5, 0.6) is 0 Å². The zero-order chi connectivity index (χ0) is 18.3. The SMILES string of the molecule is CCC[C@H](NC(=O)c1ccccc1SC(=O)C(C)(C)CC)C(N)=O. The van der Waals surface area contributed by atoms with Crippen LogP contribution in [0.4, 0.5) is 0 Å². The lowest BCUT2D eigenvalue weighted by molar-refractivity contribution is -0.120. The third kappa shape index (κ3) is 5.37. The molecular weight excluding hydrogens is 324 g/mol. The molecule has 0 aliphatic rings. The number of amides is 2. The molecule has 0 aromatic heterocycles. The number of hydrogen-bond donors (Lipinski definition) is 2. The quantitative estimate of drug-likeness (QED) is 0.705. The lowest BCUT2D eigenvalue weighted by atomic mass is 9.92. The topological polar surface area (TPSA) is 89.3 Å². The molecule has 1 atom stereocenters. The van der Waals surface area contributed by atoms with E-state index in [4.69, 9.17) is 5.73 Å². The van der Waals surface area contributed by atoms with Crippen LogP contribution < -0.4 is 11.1 Å². The maximum Gasteiger partial charge on any atom is 0.253 e. The van der Waals surface area contributed by atoms with E-state index in [1.807, 2.05) is 27.7 Å². The molecule has 0 fully saturated rings. The van der Waals surface area contributed by atoms with Gasteiger partial charge in [0.2, 0.25) is 5.91 Å². The van der Waals surface area contributed by atoms with Gasteiger partial charge in [-0.15, -0.1) is 0 Å². The molecule has 0 aliphatic carbocycles. The van der Waals surface area contributed by atoms with Crippen LogP contribution in [-0.2, 0) is 9.59 Å². The number of benzene rings is 1. The number of carbonyl (C=O) groups excluding carboxylic acids is 3. The Morgan fingerprint density at radius 2 is 1.83 bits per heavy atom. The molecule has 0 spiro atoms. The minimum absolute atomic E-state index is 0.00487. The summed E-state index contributed by atoms with van der Waals surface area (Å²) < 4.78 is 0. The fourth-order valence-electron chi connectivity index (χ4n) is 1.94. The molecule has 0 unspecified atom stereocenters. The van der Waals surface area contributed by atoms with Crippen LogP contribution in [0.15, 0.2) is 29.2 Å². The second kappa shape index (κ2) is 8.87. The van der Waals surface area contributed by atoms with Crippen molar-refractivity contribution in [1.29, 1.82) is 0 Å². The molecule has 24 heavy (non-hydrogen) atoms. The summed E-state index contributed by atoms with van der Waals surface area (Å²) >= 11 is 1.06. The van der Waals surface area contributed by atoms with Crippen molar-refractivity contribution in [3.8, 4) is 0 Å². The molecule has 0 radical (unpaired) electrons. The fourth-order valence-corrected chi connectivity index (χ4v) is 2.97. The predicted molar refractivity (Wildman–Crippen MR) is 96.7 cm³/mol. The van der Waals surface area contributed by atoms with Crippen molar-refractivity contribution in [1.82, 2.24) is 5.32 Å².